The number of amides is 1. The van der Waals surface area contributed by atoms with Crippen molar-refractivity contribution in [1.29, 1.82) is 0 Å². The maximum Gasteiger partial charge on any atom is 0.227 e. The highest BCUT2D eigenvalue weighted by molar-refractivity contribution is 7.16. The van der Waals surface area contributed by atoms with Crippen molar-refractivity contribution in [3.8, 4) is 0 Å². The molecule has 0 bridgehead atoms. The summed E-state index contributed by atoms with van der Waals surface area (Å²) in [6, 6.07) is 2.10. The van der Waals surface area contributed by atoms with Crippen molar-refractivity contribution in [2.24, 2.45) is 11.8 Å². The molecule has 0 aromatic carbocycles. The van der Waals surface area contributed by atoms with Crippen LogP contribution in [0.25, 0.3) is 10.2 Å². The maximum absolute atomic E-state index is 13.2. The summed E-state index contributed by atoms with van der Waals surface area (Å²) >= 11 is 1.65. The smallest absolute Gasteiger partial charge is 0.227 e. The standard InChI is InChI=1S/C21H29N5OS/c27-21(26-10-5-16(13-26)12-24-7-1-2-8-24)17-4-3-9-25(14-17)19-18-6-11-28-20(18)23-15-22-19/h6,11,15-17H,1-5,7-10,12-14H2. The van der Waals surface area contributed by atoms with Gasteiger partial charge in [0.2, 0.25) is 5.91 Å². The Bertz CT molecular complexity index is 833. The monoisotopic (exact) mass is 399 g/mol. The minimum atomic E-state index is 0.0999. The lowest BCUT2D eigenvalue weighted by atomic mass is 9.96. The van der Waals surface area contributed by atoms with Gasteiger partial charge in [-0.3, -0.25) is 4.79 Å². The lowest BCUT2D eigenvalue weighted by molar-refractivity contribution is -0.134. The van der Waals surface area contributed by atoms with Crippen molar-refractivity contribution >= 4 is 33.3 Å². The van der Waals surface area contributed by atoms with E-state index in [1.807, 2.05) is 0 Å². The molecule has 150 valence electrons. The van der Waals surface area contributed by atoms with Gasteiger partial charge in [-0.1, -0.05) is 0 Å². The van der Waals surface area contributed by atoms with Gasteiger partial charge < -0.3 is 14.7 Å². The average molecular weight is 400 g/mol. The number of aromatic nitrogens is 2. The largest absolute Gasteiger partial charge is 0.355 e. The Balaban J connectivity index is 1.22. The molecule has 3 aliphatic heterocycles. The Morgan fingerprint density at radius 3 is 2.86 bits per heavy atom. The number of fused-ring (bicyclic) bond motifs is 1. The van der Waals surface area contributed by atoms with E-state index in [4.69, 9.17) is 0 Å². The van der Waals surface area contributed by atoms with Crippen molar-refractivity contribution in [2.45, 2.75) is 32.1 Å². The molecule has 0 radical (unpaired) electrons. The van der Waals surface area contributed by atoms with Gasteiger partial charge in [0.25, 0.3) is 0 Å². The Morgan fingerprint density at radius 1 is 1.07 bits per heavy atom. The molecule has 3 fully saturated rings. The number of carbonyl (C=O) groups excluding carboxylic acids is 1. The van der Waals surface area contributed by atoms with Crippen LogP contribution in [0.4, 0.5) is 5.82 Å². The molecule has 3 saturated heterocycles. The zero-order chi connectivity index (χ0) is 18.9. The summed E-state index contributed by atoms with van der Waals surface area (Å²) in [6.07, 6.45) is 7.56. The number of likely N-dealkylation sites (tertiary alicyclic amines) is 2. The molecular formula is C21H29N5OS. The lowest BCUT2D eigenvalue weighted by Gasteiger charge is -2.35. The summed E-state index contributed by atoms with van der Waals surface area (Å²) in [7, 11) is 0. The number of rotatable bonds is 4. The first-order chi connectivity index (χ1) is 13.8. The molecule has 0 spiro atoms. The van der Waals surface area contributed by atoms with Crippen LogP contribution in [-0.4, -0.2) is 71.5 Å². The van der Waals surface area contributed by atoms with Gasteiger partial charge in [0.05, 0.1) is 11.3 Å². The number of nitrogens with zero attached hydrogens (tertiary/aromatic N) is 5. The molecule has 6 nitrogen and oxygen atoms in total. The van der Waals surface area contributed by atoms with E-state index in [1.54, 1.807) is 17.7 Å². The second-order valence-corrected chi connectivity index (χ2v) is 9.46. The molecule has 0 saturated carbocycles. The molecule has 2 unspecified atom stereocenters. The fourth-order valence-corrected chi connectivity index (χ4v) is 5.90. The maximum atomic E-state index is 13.2. The normalized spacial score (nSPS) is 26.4. The van der Waals surface area contributed by atoms with Gasteiger partial charge in [-0.15, -0.1) is 11.3 Å². The predicted molar refractivity (Wildman–Crippen MR) is 113 cm³/mol. The van der Waals surface area contributed by atoms with E-state index in [2.05, 4.69) is 36.1 Å². The van der Waals surface area contributed by atoms with Crippen molar-refractivity contribution in [2.75, 3.05) is 50.7 Å². The van der Waals surface area contributed by atoms with Gasteiger partial charge in [0, 0.05) is 32.7 Å². The van der Waals surface area contributed by atoms with Crippen LogP contribution in [0.2, 0.25) is 0 Å². The summed E-state index contributed by atoms with van der Waals surface area (Å²) in [5.74, 6) is 2.12. The Hall–Kier alpha value is -1.73. The zero-order valence-electron chi connectivity index (χ0n) is 16.4. The van der Waals surface area contributed by atoms with Crippen LogP contribution in [0, 0.1) is 11.8 Å². The van der Waals surface area contributed by atoms with Crippen LogP contribution in [0.5, 0.6) is 0 Å². The van der Waals surface area contributed by atoms with Crippen LogP contribution in [0.1, 0.15) is 32.1 Å². The van der Waals surface area contributed by atoms with Gasteiger partial charge in [0.1, 0.15) is 17.0 Å². The van der Waals surface area contributed by atoms with Crippen LogP contribution >= 0.6 is 11.3 Å². The van der Waals surface area contributed by atoms with Gasteiger partial charge in [0.15, 0.2) is 0 Å². The van der Waals surface area contributed by atoms with E-state index in [-0.39, 0.29) is 5.92 Å². The number of piperidine rings is 1. The SMILES string of the molecule is O=C(C1CCCN(c2ncnc3sccc23)C1)N1CCC(CN2CCCC2)C1. The highest BCUT2D eigenvalue weighted by Gasteiger charge is 2.34. The highest BCUT2D eigenvalue weighted by atomic mass is 32.1. The van der Waals surface area contributed by atoms with E-state index < -0.39 is 0 Å². The average Bonchev–Trinajstić information content (AvgIpc) is 3.49. The number of thiophene rings is 1. The number of hydrogen-bond donors (Lipinski definition) is 0. The summed E-state index contributed by atoms with van der Waals surface area (Å²) in [4.78, 5) is 30.2. The molecule has 28 heavy (non-hydrogen) atoms. The molecule has 5 rings (SSSR count). The molecule has 2 aromatic rings. The summed E-state index contributed by atoms with van der Waals surface area (Å²) in [5, 5.41) is 3.19. The van der Waals surface area contributed by atoms with Crippen molar-refractivity contribution in [3.63, 3.8) is 0 Å². The Kier molecular flexibility index (Phi) is 5.20. The van der Waals surface area contributed by atoms with Crippen molar-refractivity contribution in [1.82, 2.24) is 19.8 Å². The van der Waals surface area contributed by atoms with Crippen molar-refractivity contribution < 1.29 is 4.79 Å². The zero-order valence-corrected chi connectivity index (χ0v) is 17.2. The van der Waals surface area contributed by atoms with E-state index in [1.165, 1.54) is 38.9 Å². The third-order valence-corrected chi connectivity index (χ3v) is 7.44. The number of anilines is 1. The lowest BCUT2D eigenvalue weighted by Crippen LogP contribution is -2.44. The third kappa shape index (κ3) is 3.62. The summed E-state index contributed by atoms with van der Waals surface area (Å²) in [6.45, 7) is 7.33. The quantitative estimate of drug-likeness (QED) is 0.791. The fraction of sp³-hybridized carbons (Fsp3) is 0.667. The molecule has 3 aliphatic rings. The molecule has 0 N–H and O–H groups in total. The minimum absolute atomic E-state index is 0.0999. The molecule has 0 aliphatic carbocycles. The van der Waals surface area contributed by atoms with E-state index in [9.17, 15) is 4.79 Å². The molecular weight excluding hydrogens is 370 g/mol. The molecule has 5 heterocycles. The van der Waals surface area contributed by atoms with Crippen LogP contribution in [-0.2, 0) is 4.79 Å². The second-order valence-electron chi connectivity index (χ2n) is 8.57. The van der Waals surface area contributed by atoms with E-state index in [0.29, 0.717) is 11.8 Å². The molecule has 7 heteroatoms. The topological polar surface area (TPSA) is 52.6 Å². The second kappa shape index (κ2) is 7.95. The van der Waals surface area contributed by atoms with Crippen LogP contribution in [0.3, 0.4) is 0 Å². The first-order valence-electron chi connectivity index (χ1n) is 10.7. The highest BCUT2D eigenvalue weighted by Crippen LogP contribution is 2.31. The van der Waals surface area contributed by atoms with Crippen LogP contribution in [0.15, 0.2) is 17.8 Å². The third-order valence-electron chi connectivity index (χ3n) is 6.62. The van der Waals surface area contributed by atoms with Gasteiger partial charge in [-0.2, -0.15) is 0 Å². The summed E-state index contributed by atoms with van der Waals surface area (Å²) in [5.41, 5.74) is 0. The van der Waals surface area contributed by atoms with E-state index in [0.717, 1.165) is 55.1 Å². The number of hydrogen-bond acceptors (Lipinski definition) is 6. The molecule has 1 amide bonds. The minimum Gasteiger partial charge on any atom is -0.355 e. The van der Waals surface area contributed by atoms with Gasteiger partial charge >= 0.3 is 0 Å². The van der Waals surface area contributed by atoms with Gasteiger partial charge in [-0.25, -0.2) is 9.97 Å². The fourth-order valence-electron chi connectivity index (χ4n) is 5.17. The Labute approximate surface area is 170 Å². The first kappa shape index (κ1) is 18.3. The van der Waals surface area contributed by atoms with Crippen LogP contribution < -0.4 is 4.90 Å². The summed E-state index contributed by atoms with van der Waals surface area (Å²) < 4.78 is 0. The molecule has 2 aromatic heterocycles. The molecule has 2 atom stereocenters. The predicted octanol–water partition coefficient (Wildman–Crippen LogP) is 2.85. The number of carbonyl (C=O) groups is 1. The van der Waals surface area contributed by atoms with Gasteiger partial charge in [-0.05, 0) is 62.6 Å². The van der Waals surface area contributed by atoms with Crippen molar-refractivity contribution in [3.05, 3.63) is 17.8 Å². The Morgan fingerprint density at radius 2 is 1.96 bits per heavy atom. The first-order valence-corrected chi connectivity index (χ1v) is 11.6. The van der Waals surface area contributed by atoms with E-state index >= 15 is 0 Å².